The smallest absolute Gasteiger partial charge is 0.459 e. The second kappa shape index (κ2) is 4.32. The first-order valence-corrected chi connectivity index (χ1v) is 5.51. The summed E-state index contributed by atoms with van der Waals surface area (Å²) in [6, 6.07) is 8.52. The third kappa shape index (κ3) is 1.92. The van der Waals surface area contributed by atoms with E-state index in [0.29, 0.717) is 17.8 Å². The molecule has 18 heavy (non-hydrogen) atoms. The first-order chi connectivity index (χ1) is 8.74. The van der Waals surface area contributed by atoms with Gasteiger partial charge in [0.1, 0.15) is 0 Å². The largest absolute Gasteiger partial charge is 0.491 e. The molecule has 1 aliphatic rings. The number of carbonyl (C=O) groups is 1. The maximum Gasteiger partial charge on any atom is 0.491 e. The predicted molar refractivity (Wildman–Crippen MR) is 65.5 cm³/mol. The van der Waals surface area contributed by atoms with Crippen LogP contribution in [-0.2, 0) is 11.3 Å². The number of rotatable bonds is 2. The van der Waals surface area contributed by atoms with Gasteiger partial charge >= 0.3 is 7.12 Å². The molecule has 0 aliphatic carbocycles. The van der Waals surface area contributed by atoms with Crippen LogP contribution in [0.4, 0.5) is 5.69 Å². The number of nitrogens with one attached hydrogen (secondary N) is 1. The Bertz CT molecular complexity index is 582. The molecule has 0 radical (unpaired) electrons. The molecule has 2 aromatic rings. The molecule has 0 bridgehead atoms. The molecule has 5 nitrogen and oxygen atoms in total. The van der Waals surface area contributed by atoms with E-state index in [0.717, 1.165) is 5.56 Å². The van der Waals surface area contributed by atoms with Crippen molar-refractivity contribution >= 4 is 24.2 Å². The third-order valence-electron chi connectivity index (χ3n) is 2.81. The minimum absolute atomic E-state index is 0.243. The molecule has 0 saturated carbocycles. The number of carbonyl (C=O) groups excluding carboxylic acids is 1. The summed E-state index contributed by atoms with van der Waals surface area (Å²) in [7, 11) is -0.916. The van der Waals surface area contributed by atoms with Gasteiger partial charge in [0.15, 0.2) is 5.76 Å². The van der Waals surface area contributed by atoms with E-state index < -0.39 is 7.12 Å². The van der Waals surface area contributed by atoms with Gasteiger partial charge in [-0.05, 0) is 35.3 Å². The minimum atomic E-state index is -0.916. The van der Waals surface area contributed by atoms with Gasteiger partial charge in [-0.3, -0.25) is 4.79 Å². The number of fused-ring (bicyclic) bond motifs is 1. The lowest BCUT2D eigenvalue weighted by atomic mass is 9.79. The van der Waals surface area contributed by atoms with Crippen LogP contribution in [0.15, 0.2) is 41.0 Å². The van der Waals surface area contributed by atoms with Crippen molar-refractivity contribution in [3.8, 4) is 0 Å². The van der Waals surface area contributed by atoms with Crippen LogP contribution in [0.25, 0.3) is 0 Å². The molecular formula is C12H10BNO4. The monoisotopic (exact) mass is 243 g/mol. The zero-order valence-corrected chi connectivity index (χ0v) is 9.42. The maximum absolute atomic E-state index is 11.8. The molecule has 0 unspecified atom stereocenters. The van der Waals surface area contributed by atoms with Crippen LogP contribution in [0.3, 0.4) is 0 Å². The summed E-state index contributed by atoms with van der Waals surface area (Å²) >= 11 is 0. The Kier molecular flexibility index (Phi) is 2.66. The molecule has 1 aliphatic heterocycles. The highest BCUT2D eigenvalue weighted by atomic mass is 16.5. The molecule has 90 valence electrons. The standard InChI is InChI=1S/C12H10BNO4/c15-12(11-2-1-5-17-11)14-9-4-3-8-7-18-13(16)10(8)6-9/h1-6,16H,7H2,(H,14,15). The second-order valence-corrected chi connectivity index (χ2v) is 4.01. The fourth-order valence-electron chi connectivity index (χ4n) is 1.89. The van der Waals surface area contributed by atoms with Gasteiger partial charge in [0.2, 0.25) is 0 Å². The van der Waals surface area contributed by atoms with Gasteiger partial charge in [-0.15, -0.1) is 0 Å². The fraction of sp³-hybridized carbons (Fsp3) is 0.0833. The number of benzene rings is 1. The van der Waals surface area contributed by atoms with E-state index in [1.807, 2.05) is 6.07 Å². The predicted octanol–water partition coefficient (Wildman–Crippen LogP) is 0.750. The van der Waals surface area contributed by atoms with Crippen molar-refractivity contribution in [2.75, 3.05) is 5.32 Å². The van der Waals surface area contributed by atoms with Gasteiger partial charge in [0.25, 0.3) is 5.91 Å². The molecule has 2 heterocycles. The number of amides is 1. The van der Waals surface area contributed by atoms with Gasteiger partial charge in [-0.25, -0.2) is 0 Å². The van der Waals surface area contributed by atoms with Crippen molar-refractivity contribution in [3.63, 3.8) is 0 Å². The van der Waals surface area contributed by atoms with Crippen molar-refractivity contribution in [2.45, 2.75) is 6.61 Å². The minimum Gasteiger partial charge on any atom is -0.459 e. The summed E-state index contributed by atoms with van der Waals surface area (Å²) in [6.45, 7) is 0.392. The van der Waals surface area contributed by atoms with E-state index in [9.17, 15) is 9.82 Å². The van der Waals surface area contributed by atoms with Crippen LogP contribution in [0.2, 0.25) is 0 Å². The Morgan fingerprint density at radius 1 is 1.39 bits per heavy atom. The van der Waals surface area contributed by atoms with Crippen LogP contribution in [-0.4, -0.2) is 18.0 Å². The Labute approximate surface area is 104 Å². The van der Waals surface area contributed by atoms with Crippen molar-refractivity contribution in [2.24, 2.45) is 0 Å². The van der Waals surface area contributed by atoms with Crippen LogP contribution >= 0.6 is 0 Å². The molecule has 0 spiro atoms. The number of anilines is 1. The Balaban J connectivity index is 1.82. The molecule has 0 atom stereocenters. The average Bonchev–Trinajstić information content (AvgIpc) is 3.00. The topological polar surface area (TPSA) is 71.7 Å². The van der Waals surface area contributed by atoms with Gasteiger partial charge in [0, 0.05) is 5.69 Å². The molecule has 6 heteroatoms. The lowest BCUT2D eigenvalue weighted by Crippen LogP contribution is -2.28. The van der Waals surface area contributed by atoms with Crippen LogP contribution in [0.1, 0.15) is 16.1 Å². The average molecular weight is 243 g/mol. The summed E-state index contributed by atoms with van der Waals surface area (Å²) < 4.78 is 10.1. The molecule has 0 fully saturated rings. The normalized spacial score (nSPS) is 13.5. The highest BCUT2D eigenvalue weighted by Gasteiger charge is 2.27. The first-order valence-electron chi connectivity index (χ1n) is 5.51. The maximum atomic E-state index is 11.8. The Morgan fingerprint density at radius 2 is 2.28 bits per heavy atom. The van der Waals surface area contributed by atoms with E-state index in [1.54, 1.807) is 24.3 Å². The molecular weight excluding hydrogens is 233 g/mol. The SMILES string of the molecule is O=C(Nc1ccc2c(c1)B(O)OC2)c1ccco1. The summed E-state index contributed by atoms with van der Waals surface area (Å²) in [5, 5.41) is 12.3. The number of hydrogen-bond acceptors (Lipinski definition) is 4. The zero-order valence-electron chi connectivity index (χ0n) is 9.42. The van der Waals surface area contributed by atoms with Crippen LogP contribution < -0.4 is 10.8 Å². The molecule has 0 saturated heterocycles. The van der Waals surface area contributed by atoms with E-state index in [1.165, 1.54) is 6.26 Å². The molecule has 1 amide bonds. The molecule has 3 rings (SSSR count). The molecule has 2 N–H and O–H groups in total. The summed E-state index contributed by atoms with van der Waals surface area (Å²) in [5.74, 6) is -0.0827. The van der Waals surface area contributed by atoms with Gasteiger partial charge in [0.05, 0.1) is 12.9 Å². The van der Waals surface area contributed by atoms with E-state index in [4.69, 9.17) is 9.07 Å². The summed E-state index contributed by atoms with van der Waals surface area (Å²) in [6.07, 6.45) is 1.44. The van der Waals surface area contributed by atoms with Crippen molar-refractivity contribution in [1.29, 1.82) is 0 Å². The van der Waals surface area contributed by atoms with Crippen molar-refractivity contribution in [3.05, 3.63) is 47.9 Å². The van der Waals surface area contributed by atoms with E-state index in [2.05, 4.69) is 5.32 Å². The second-order valence-electron chi connectivity index (χ2n) is 4.01. The van der Waals surface area contributed by atoms with Crippen LogP contribution in [0, 0.1) is 0 Å². The van der Waals surface area contributed by atoms with Crippen molar-refractivity contribution in [1.82, 2.24) is 0 Å². The number of furan rings is 1. The van der Waals surface area contributed by atoms with Gasteiger partial charge in [-0.2, -0.15) is 0 Å². The van der Waals surface area contributed by atoms with Gasteiger partial charge in [-0.1, -0.05) is 6.07 Å². The molecule has 1 aromatic heterocycles. The van der Waals surface area contributed by atoms with Crippen LogP contribution in [0.5, 0.6) is 0 Å². The van der Waals surface area contributed by atoms with Gasteiger partial charge < -0.3 is 19.4 Å². The Hall–Kier alpha value is -2.05. The highest BCUT2D eigenvalue weighted by molar-refractivity contribution is 6.61. The van der Waals surface area contributed by atoms with E-state index in [-0.39, 0.29) is 11.7 Å². The zero-order chi connectivity index (χ0) is 12.5. The fourth-order valence-corrected chi connectivity index (χ4v) is 1.89. The molecule has 1 aromatic carbocycles. The lowest BCUT2D eigenvalue weighted by Gasteiger charge is -2.05. The lowest BCUT2D eigenvalue weighted by molar-refractivity contribution is 0.0996. The number of hydrogen-bond donors (Lipinski definition) is 2. The first kappa shape index (κ1) is 11.1. The third-order valence-corrected chi connectivity index (χ3v) is 2.81. The highest BCUT2D eigenvalue weighted by Crippen LogP contribution is 2.15. The Morgan fingerprint density at radius 3 is 3.06 bits per heavy atom. The summed E-state index contributed by atoms with van der Waals surface area (Å²) in [5.41, 5.74) is 2.21. The summed E-state index contributed by atoms with van der Waals surface area (Å²) in [4.78, 5) is 11.8. The van der Waals surface area contributed by atoms with E-state index >= 15 is 0 Å². The quantitative estimate of drug-likeness (QED) is 0.763. The van der Waals surface area contributed by atoms with Crippen molar-refractivity contribution < 1.29 is 18.9 Å².